The molecule has 2 saturated carbocycles. The minimum absolute atomic E-state index is 0.00191. The van der Waals surface area contributed by atoms with Crippen LogP contribution in [-0.4, -0.2) is 63.1 Å². The standard InChI is InChI=1S/C33H41ClN3O5Si/c1-37(32(17-18-32)21-25-11-6-3-7-12-25)29(39)15-16-33(43,23-38)36-30(40)28(20-24-9-4-2-5-10-24)35-31(41)42-22-26-13-8-14-27(34)19-26/h3,6-8,11-14,19,23-24,28H,2,4-5,9-10,15-18,20-22H2,1H3,(H,35,41)(H,36,40)/t28-,33-/m0/s1. The highest BCUT2D eigenvalue weighted by Gasteiger charge is 2.48. The quantitative estimate of drug-likeness (QED) is 0.225. The lowest BCUT2D eigenvalue weighted by atomic mass is 9.84. The maximum atomic E-state index is 13.5. The van der Waals surface area contributed by atoms with Crippen LogP contribution in [0, 0.1) is 5.92 Å². The number of rotatable bonds is 14. The first kappa shape index (κ1) is 32.7. The molecule has 2 fully saturated rings. The number of halogens is 1. The van der Waals surface area contributed by atoms with Crippen LogP contribution in [0.15, 0.2) is 54.6 Å². The highest BCUT2D eigenvalue weighted by Crippen LogP contribution is 2.44. The molecule has 2 aliphatic carbocycles. The Kier molecular flexibility index (Phi) is 11.4. The number of alkyl carbamates (subject to hydrolysis) is 1. The van der Waals surface area contributed by atoms with E-state index in [-0.39, 0.29) is 36.8 Å². The molecule has 43 heavy (non-hydrogen) atoms. The van der Waals surface area contributed by atoms with Crippen LogP contribution in [-0.2, 0) is 32.1 Å². The van der Waals surface area contributed by atoms with Gasteiger partial charge in [0.05, 0.1) is 15.4 Å². The summed E-state index contributed by atoms with van der Waals surface area (Å²) in [5.74, 6) is -0.322. The van der Waals surface area contributed by atoms with Gasteiger partial charge in [-0.05, 0) is 61.3 Å². The van der Waals surface area contributed by atoms with Crippen LogP contribution >= 0.6 is 11.6 Å². The fourth-order valence-corrected chi connectivity index (χ4v) is 6.35. The number of aldehydes is 1. The van der Waals surface area contributed by atoms with Gasteiger partial charge in [-0.25, -0.2) is 4.79 Å². The molecule has 3 radical (unpaired) electrons. The zero-order valence-corrected chi connectivity index (χ0v) is 26.5. The van der Waals surface area contributed by atoms with Crippen LogP contribution in [0.1, 0.15) is 75.3 Å². The van der Waals surface area contributed by atoms with Gasteiger partial charge in [-0.15, -0.1) is 0 Å². The molecule has 0 bridgehead atoms. The molecule has 0 aliphatic heterocycles. The maximum Gasteiger partial charge on any atom is 0.408 e. The van der Waals surface area contributed by atoms with Crippen LogP contribution < -0.4 is 10.6 Å². The van der Waals surface area contributed by atoms with Crippen molar-refractivity contribution in [2.45, 2.75) is 94.0 Å². The van der Waals surface area contributed by atoms with E-state index in [9.17, 15) is 19.2 Å². The highest BCUT2D eigenvalue weighted by atomic mass is 35.5. The topological polar surface area (TPSA) is 105 Å². The number of nitrogens with one attached hydrogen (secondary N) is 2. The third-order valence-electron chi connectivity index (χ3n) is 8.73. The molecule has 4 rings (SSSR count). The number of hydrogen-bond donors (Lipinski definition) is 2. The summed E-state index contributed by atoms with van der Waals surface area (Å²) in [6.07, 6.45) is 8.33. The van der Waals surface area contributed by atoms with Gasteiger partial charge in [0.2, 0.25) is 11.8 Å². The summed E-state index contributed by atoms with van der Waals surface area (Å²) in [6, 6.07) is 16.2. The van der Waals surface area contributed by atoms with Crippen LogP contribution in [0.3, 0.4) is 0 Å². The highest BCUT2D eigenvalue weighted by molar-refractivity contribution is 6.30. The monoisotopic (exact) mass is 622 g/mol. The fourth-order valence-electron chi connectivity index (χ4n) is 5.89. The first-order chi connectivity index (χ1) is 20.6. The van der Waals surface area contributed by atoms with Crippen LogP contribution in [0.4, 0.5) is 4.79 Å². The van der Waals surface area contributed by atoms with Crippen molar-refractivity contribution in [1.29, 1.82) is 0 Å². The molecule has 0 spiro atoms. The minimum Gasteiger partial charge on any atom is -0.445 e. The molecular formula is C33H41ClN3O5Si. The average Bonchev–Trinajstić information content (AvgIpc) is 3.79. The summed E-state index contributed by atoms with van der Waals surface area (Å²) in [5, 5.41) is 4.54. The fraction of sp³-hybridized carbons (Fsp3) is 0.515. The first-order valence-electron chi connectivity index (χ1n) is 15.1. The lowest BCUT2D eigenvalue weighted by Gasteiger charge is -2.32. The Morgan fingerprint density at radius 3 is 2.44 bits per heavy atom. The van der Waals surface area contributed by atoms with Crippen LogP contribution in [0.25, 0.3) is 0 Å². The number of benzene rings is 2. The predicted octanol–water partition coefficient (Wildman–Crippen LogP) is 5.10. The molecule has 0 heterocycles. The zero-order chi connectivity index (χ0) is 30.9. The van der Waals surface area contributed by atoms with E-state index in [4.69, 9.17) is 16.3 Å². The Labute approximate surface area is 262 Å². The van der Waals surface area contributed by atoms with Gasteiger partial charge in [0.15, 0.2) is 0 Å². The summed E-state index contributed by atoms with van der Waals surface area (Å²) >= 11 is 6.02. The van der Waals surface area contributed by atoms with Crippen molar-refractivity contribution in [1.82, 2.24) is 15.5 Å². The second-order valence-corrected chi connectivity index (χ2v) is 13.4. The van der Waals surface area contributed by atoms with Gasteiger partial charge in [-0.3, -0.25) is 9.59 Å². The van der Waals surface area contributed by atoms with Gasteiger partial charge in [-0.2, -0.15) is 0 Å². The van der Waals surface area contributed by atoms with Gasteiger partial charge < -0.3 is 25.1 Å². The number of nitrogens with zero attached hydrogens (tertiary/aromatic N) is 1. The number of carbonyl (C=O) groups excluding carboxylic acids is 4. The van der Waals surface area contributed by atoms with E-state index in [1.165, 1.54) is 5.56 Å². The van der Waals surface area contributed by atoms with Crippen molar-refractivity contribution < 1.29 is 23.9 Å². The van der Waals surface area contributed by atoms with Crippen molar-refractivity contribution >= 4 is 46.0 Å². The van der Waals surface area contributed by atoms with Gasteiger partial charge >= 0.3 is 6.09 Å². The Morgan fingerprint density at radius 1 is 1.09 bits per heavy atom. The molecule has 2 N–H and O–H groups in total. The van der Waals surface area contributed by atoms with Crippen molar-refractivity contribution in [3.05, 3.63) is 70.7 Å². The summed E-state index contributed by atoms with van der Waals surface area (Å²) < 4.78 is 5.37. The van der Waals surface area contributed by atoms with Crippen molar-refractivity contribution in [2.75, 3.05) is 7.05 Å². The predicted molar refractivity (Wildman–Crippen MR) is 167 cm³/mol. The SMILES string of the molecule is CN(C(=O)CC[C@]([Si])(C=O)NC(=O)[C@H](CC1CCCCC1)NC(=O)OCc1cccc(Cl)c1)C1(Cc2ccccc2)CC1. The summed E-state index contributed by atoms with van der Waals surface area (Å²) in [4.78, 5) is 53.5. The minimum atomic E-state index is -1.46. The van der Waals surface area contributed by atoms with E-state index in [2.05, 4.69) is 33.0 Å². The van der Waals surface area contributed by atoms with Gasteiger partial charge in [0.25, 0.3) is 0 Å². The molecule has 2 aromatic rings. The number of likely N-dealkylation sites (N-methyl/N-ethyl adjacent to an activating group) is 1. The van der Waals surface area contributed by atoms with Gasteiger partial charge in [0, 0.05) is 24.0 Å². The van der Waals surface area contributed by atoms with Crippen molar-refractivity contribution in [3.63, 3.8) is 0 Å². The maximum absolute atomic E-state index is 13.5. The Hall–Kier alpha value is -3.17. The van der Waals surface area contributed by atoms with E-state index in [1.807, 2.05) is 25.2 Å². The normalized spacial score (nSPS) is 18.0. The van der Waals surface area contributed by atoms with E-state index in [0.717, 1.165) is 56.9 Å². The van der Waals surface area contributed by atoms with Crippen LogP contribution in [0.2, 0.25) is 5.02 Å². The number of amides is 3. The summed E-state index contributed by atoms with van der Waals surface area (Å²) in [6.45, 7) is 0.00191. The molecule has 229 valence electrons. The lowest BCUT2D eigenvalue weighted by Crippen LogP contribution is -2.57. The molecule has 8 nitrogen and oxygen atoms in total. The third-order valence-corrected chi connectivity index (χ3v) is 9.46. The molecule has 2 atom stereocenters. The molecule has 10 heteroatoms. The molecule has 0 saturated heterocycles. The number of hydrogen-bond acceptors (Lipinski definition) is 5. The largest absolute Gasteiger partial charge is 0.445 e. The van der Waals surface area contributed by atoms with E-state index < -0.39 is 23.2 Å². The third kappa shape index (κ3) is 9.66. The lowest BCUT2D eigenvalue weighted by molar-refractivity contribution is -0.134. The number of carbonyl (C=O) groups is 4. The molecule has 2 aliphatic rings. The second-order valence-electron chi connectivity index (χ2n) is 12.1. The Bertz CT molecular complexity index is 1270. The second kappa shape index (κ2) is 15.0. The summed E-state index contributed by atoms with van der Waals surface area (Å²) in [5.41, 5.74) is 1.69. The zero-order valence-electron chi connectivity index (χ0n) is 24.8. The van der Waals surface area contributed by atoms with Crippen LogP contribution in [0.5, 0.6) is 0 Å². The van der Waals surface area contributed by atoms with E-state index in [0.29, 0.717) is 17.7 Å². The molecule has 3 amide bonds. The van der Waals surface area contributed by atoms with Gasteiger partial charge in [0.1, 0.15) is 18.9 Å². The Balaban J connectivity index is 1.34. The first-order valence-corrected chi connectivity index (χ1v) is 16.0. The molecule has 0 unspecified atom stereocenters. The van der Waals surface area contributed by atoms with E-state index >= 15 is 0 Å². The molecular weight excluding hydrogens is 582 g/mol. The molecule has 0 aromatic heterocycles. The average molecular weight is 623 g/mol. The Morgan fingerprint density at radius 2 is 1.79 bits per heavy atom. The van der Waals surface area contributed by atoms with Crippen molar-refractivity contribution in [2.24, 2.45) is 5.92 Å². The summed E-state index contributed by atoms with van der Waals surface area (Å²) in [7, 11) is 5.26. The van der Waals surface area contributed by atoms with Crippen molar-refractivity contribution in [3.8, 4) is 0 Å². The molecule has 2 aromatic carbocycles. The van der Waals surface area contributed by atoms with E-state index in [1.54, 1.807) is 29.2 Å². The smallest absolute Gasteiger partial charge is 0.408 e. The number of ether oxygens (including phenoxy) is 1. The van der Waals surface area contributed by atoms with Gasteiger partial charge in [-0.1, -0.05) is 86.2 Å².